The molecule has 2 rings (SSSR count). The van der Waals surface area contributed by atoms with Gasteiger partial charge in [-0.1, -0.05) is 29.8 Å². The lowest BCUT2D eigenvalue weighted by Crippen LogP contribution is -2.50. The van der Waals surface area contributed by atoms with Gasteiger partial charge in [-0.25, -0.2) is 0 Å². The normalized spacial score (nSPS) is 23.0. The van der Waals surface area contributed by atoms with Gasteiger partial charge in [0.2, 0.25) is 0 Å². The van der Waals surface area contributed by atoms with Crippen molar-refractivity contribution in [3.8, 4) is 0 Å². The van der Waals surface area contributed by atoms with Crippen molar-refractivity contribution in [1.82, 2.24) is 4.90 Å². The van der Waals surface area contributed by atoms with E-state index in [1.165, 1.54) is 5.56 Å². The zero-order valence-electron chi connectivity index (χ0n) is 10.6. The molecule has 1 aliphatic heterocycles. The molecule has 0 aromatic heterocycles. The molecule has 0 saturated heterocycles. The Balaban J connectivity index is 2.16. The number of rotatable bonds is 4. The first kappa shape index (κ1) is 13.0. The first-order valence-corrected chi connectivity index (χ1v) is 6.36. The van der Waals surface area contributed by atoms with Gasteiger partial charge in [-0.15, -0.1) is 6.58 Å². The van der Waals surface area contributed by atoms with E-state index in [4.69, 9.17) is 17.3 Å². The van der Waals surface area contributed by atoms with E-state index in [-0.39, 0.29) is 5.54 Å². The van der Waals surface area contributed by atoms with Crippen LogP contribution in [0.4, 0.5) is 0 Å². The molecule has 2 N–H and O–H groups in total. The van der Waals surface area contributed by atoms with E-state index in [1.54, 1.807) is 0 Å². The molecule has 1 unspecified atom stereocenters. The summed E-state index contributed by atoms with van der Waals surface area (Å²) in [6.45, 7) is 7.39. The Morgan fingerprint density at radius 1 is 1.50 bits per heavy atom. The van der Waals surface area contributed by atoms with Gasteiger partial charge in [-0.3, -0.25) is 4.99 Å². The maximum Gasteiger partial charge on any atom is 0.192 e. The Hall–Kier alpha value is -1.48. The fraction of sp³-hybridized carbons (Fsp3) is 0.357. The van der Waals surface area contributed by atoms with Crippen LogP contribution < -0.4 is 5.73 Å². The van der Waals surface area contributed by atoms with E-state index in [0.717, 1.165) is 24.5 Å². The van der Waals surface area contributed by atoms with E-state index in [0.29, 0.717) is 5.96 Å². The van der Waals surface area contributed by atoms with Gasteiger partial charge in [0.15, 0.2) is 5.96 Å². The highest BCUT2D eigenvalue weighted by molar-refractivity contribution is 6.30. The summed E-state index contributed by atoms with van der Waals surface area (Å²) in [4.78, 5) is 6.46. The molecule has 3 nitrogen and oxygen atoms in total. The highest BCUT2D eigenvalue weighted by atomic mass is 35.5. The second kappa shape index (κ2) is 5.02. The van der Waals surface area contributed by atoms with Crippen LogP contribution in [-0.2, 0) is 6.42 Å². The van der Waals surface area contributed by atoms with E-state index < -0.39 is 0 Å². The molecule has 1 atom stereocenters. The first-order chi connectivity index (χ1) is 8.55. The summed E-state index contributed by atoms with van der Waals surface area (Å²) in [6, 6.07) is 7.93. The van der Waals surface area contributed by atoms with Gasteiger partial charge in [0.1, 0.15) is 0 Å². The van der Waals surface area contributed by atoms with Crippen LogP contribution >= 0.6 is 11.6 Å². The number of guanidine groups is 1. The number of nitrogens with two attached hydrogens (primary N) is 1. The van der Waals surface area contributed by atoms with Gasteiger partial charge in [-0.05, 0) is 31.0 Å². The average molecular weight is 264 g/mol. The number of hydrogen-bond acceptors (Lipinski definition) is 3. The molecule has 1 aromatic rings. The lowest BCUT2D eigenvalue weighted by atomic mass is 9.92. The summed E-state index contributed by atoms with van der Waals surface area (Å²) < 4.78 is 0. The molecule has 0 amide bonds. The topological polar surface area (TPSA) is 41.6 Å². The van der Waals surface area contributed by atoms with Crippen LogP contribution in [0.25, 0.3) is 0 Å². The average Bonchev–Trinajstić information content (AvgIpc) is 2.61. The predicted octanol–water partition coefficient (Wildman–Crippen LogP) is 2.46. The van der Waals surface area contributed by atoms with E-state index in [2.05, 4.69) is 23.4 Å². The Morgan fingerprint density at radius 2 is 2.17 bits per heavy atom. The summed E-state index contributed by atoms with van der Waals surface area (Å²) in [5.74, 6) is 0.603. The highest BCUT2D eigenvalue weighted by Gasteiger charge is 2.37. The first-order valence-electron chi connectivity index (χ1n) is 5.98. The van der Waals surface area contributed by atoms with Crippen LogP contribution in [0.2, 0.25) is 5.02 Å². The largest absolute Gasteiger partial charge is 0.370 e. The monoisotopic (exact) mass is 263 g/mol. The predicted molar refractivity (Wildman–Crippen MR) is 77.0 cm³/mol. The van der Waals surface area contributed by atoms with Gasteiger partial charge in [0.25, 0.3) is 0 Å². The lowest BCUT2D eigenvalue weighted by molar-refractivity contribution is 0.239. The molecule has 0 spiro atoms. The SMILES string of the molecule is C=CCN1C(N)=NCC1(C)Cc1ccc(Cl)cc1. The minimum absolute atomic E-state index is 0.0773. The zero-order chi connectivity index (χ0) is 13.2. The molecule has 1 aliphatic rings. The summed E-state index contributed by atoms with van der Waals surface area (Å²) in [5, 5.41) is 0.758. The Bertz CT molecular complexity index is 466. The number of halogens is 1. The van der Waals surface area contributed by atoms with E-state index >= 15 is 0 Å². The second-order valence-electron chi connectivity index (χ2n) is 4.87. The zero-order valence-corrected chi connectivity index (χ0v) is 11.3. The van der Waals surface area contributed by atoms with Gasteiger partial charge in [0, 0.05) is 11.6 Å². The number of nitrogens with zero attached hydrogens (tertiary/aromatic N) is 2. The molecule has 0 bridgehead atoms. The summed E-state index contributed by atoms with van der Waals surface area (Å²) in [5.41, 5.74) is 7.09. The third kappa shape index (κ3) is 2.51. The summed E-state index contributed by atoms with van der Waals surface area (Å²) >= 11 is 5.90. The lowest BCUT2D eigenvalue weighted by Gasteiger charge is -2.35. The molecule has 96 valence electrons. The number of hydrogen-bond donors (Lipinski definition) is 1. The van der Waals surface area contributed by atoms with Crippen molar-refractivity contribution < 1.29 is 0 Å². The minimum atomic E-state index is -0.0773. The quantitative estimate of drug-likeness (QED) is 0.848. The van der Waals surface area contributed by atoms with Crippen LogP contribution in [0, 0.1) is 0 Å². The van der Waals surface area contributed by atoms with Crippen molar-refractivity contribution in [3.05, 3.63) is 47.5 Å². The summed E-state index contributed by atoms with van der Waals surface area (Å²) in [7, 11) is 0. The fourth-order valence-corrected chi connectivity index (χ4v) is 2.46. The Labute approximate surface area is 113 Å². The highest BCUT2D eigenvalue weighted by Crippen LogP contribution is 2.26. The second-order valence-corrected chi connectivity index (χ2v) is 5.31. The van der Waals surface area contributed by atoms with Crippen molar-refractivity contribution in [1.29, 1.82) is 0 Å². The fourth-order valence-electron chi connectivity index (χ4n) is 2.33. The third-order valence-electron chi connectivity index (χ3n) is 3.32. The van der Waals surface area contributed by atoms with Crippen molar-refractivity contribution >= 4 is 17.6 Å². The van der Waals surface area contributed by atoms with Gasteiger partial charge in [-0.2, -0.15) is 0 Å². The van der Waals surface area contributed by atoms with Crippen LogP contribution in [-0.4, -0.2) is 29.5 Å². The van der Waals surface area contributed by atoms with Crippen LogP contribution in [0.1, 0.15) is 12.5 Å². The molecule has 0 radical (unpaired) electrons. The standard InChI is InChI=1S/C14H18ClN3/c1-3-8-18-13(16)17-10-14(18,2)9-11-4-6-12(15)7-5-11/h3-7H,1,8-10H2,2H3,(H2,16,17). The molecular weight excluding hydrogens is 246 g/mol. The molecule has 4 heteroatoms. The molecule has 0 saturated carbocycles. The van der Waals surface area contributed by atoms with E-state index in [1.807, 2.05) is 30.3 Å². The van der Waals surface area contributed by atoms with Gasteiger partial charge >= 0.3 is 0 Å². The third-order valence-corrected chi connectivity index (χ3v) is 3.57. The van der Waals surface area contributed by atoms with Gasteiger partial charge in [0.05, 0.1) is 12.1 Å². The number of aliphatic imine (C=N–C) groups is 1. The molecule has 1 aromatic carbocycles. The maximum absolute atomic E-state index is 5.93. The molecule has 0 fully saturated rings. The Morgan fingerprint density at radius 3 is 2.78 bits per heavy atom. The smallest absolute Gasteiger partial charge is 0.192 e. The minimum Gasteiger partial charge on any atom is -0.370 e. The molecule has 1 heterocycles. The summed E-state index contributed by atoms with van der Waals surface area (Å²) in [6.07, 6.45) is 2.75. The van der Waals surface area contributed by atoms with Crippen LogP contribution in [0.15, 0.2) is 41.9 Å². The Kier molecular flexibility index (Phi) is 3.62. The maximum atomic E-state index is 5.93. The van der Waals surface area contributed by atoms with Gasteiger partial charge < -0.3 is 10.6 Å². The van der Waals surface area contributed by atoms with Crippen molar-refractivity contribution in [3.63, 3.8) is 0 Å². The van der Waals surface area contributed by atoms with Crippen molar-refractivity contribution in [2.75, 3.05) is 13.1 Å². The van der Waals surface area contributed by atoms with E-state index in [9.17, 15) is 0 Å². The molecule has 18 heavy (non-hydrogen) atoms. The van der Waals surface area contributed by atoms with Crippen LogP contribution in [0.5, 0.6) is 0 Å². The van der Waals surface area contributed by atoms with Crippen molar-refractivity contribution in [2.45, 2.75) is 18.9 Å². The number of benzene rings is 1. The van der Waals surface area contributed by atoms with Crippen LogP contribution in [0.3, 0.4) is 0 Å². The van der Waals surface area contributed by atoms with Crippen molar-refractivity contribution in [2.24, 2.45) is 10.7 Å². The molecule has 0 aliphatic carbocycles. The molecular formula is C14H18ClN3.